The van der Waals surface area contributed by atoms with Crippen molar-refractivity contribution in [3.05, 3.63) is 36.4 Å². The maximum absolute atomic E-state index is 12.5. The molecule has 1 saturated carbocycles. The molecule has 0 aliphatic heterocycles. The van der Waals surface area contributed by atoms with E-state index in [0.29, 0.717) is 30.5 Å². The summed E-state index contributed by atoms with van der Waals surface area (Å²) in [5.41, 5.74) is 0.948. The predicted octanol–water partition coefficient (Wildman–Crippen LogP) is 4.32. The van der Waals surface area contributed by atoms with E-state index in [1.807, 2.05) is 36.2 Å². The molecule has 2 aromatic rings. The van der Waals surface area contributed by atoms with Gasteiger partial charge in [0.2, 0.25) is 5.91 Å². The van der Waals surface area contributed by atoms with Crippen LogP contribution in [0, 0.1) is 5.92 Å². The van der Waals surface area contributed by atoms with Gasteiger partial charge < -0.3 is 14.1 Å². The third-order valence-electron chi connectivity index (χ3n) is 5.41. The van der Waals surface area contributed by atoms with Crippen molar-refractivity contribution in [3.63, 3.8) is 0 Å². The van der Waals surface area contributed by atoms with Crippen LogP contribution in [0.15, 0.2) is 34.9 Å². The third-order valence-corrected chi connectivity index (χ3v) is 5.41. The molecular weight excluding hydrogens is 328 g/mol. The number of amides is 1. The zero-order valence-electron chi connectivity index (χ0n) is 15.9. The number of hydrogen-bond donors (Lipinski definition) is 0. The van der Waals surface area contributed by atoms with E-state index >= 15 is 0 Å². The molecule has 1 aliphatic rings. The maximum atomic E-state index is 12.5. The number of ether oxygens (including phenoxy) is 1. The maximum Gasteiger partial charge on any atom is 0.223 e. The number of benzene rings is 1. The number of carbonyl (C=O) groups excluding carboxylic acids is 1. The van der Waals surface area contributed by atoms with Gasteiger partial charge in [-0.25, -0.2) is 4.98 Å². The quantitative estimate of drug-likeness (QED) is 0.773. The Labute approximate surface area is 155 Å². The molecule has 1 fully saturated rings. The summed E-state index contributed by atoms with van der Waals surface area (Å²) in [6.07, 6.45) is 7.34. The van der Waals surface area contributed by atoms with Crippen LogP contribution in [0.2, 0.25) is 0 Å². The first-order valence-electron chi connectivity index (χ1n) is 9.41. The van der Waals surface area contributed by atoms with Crippen LogP contribution in [0.3, 0.4) is 0 Å². The second kappa shape index (κ2) is 8.39. The molecule has 0 atom stereocenters. The van der Waals surface area contributed by atoms with Gasteiger partial charge in [0.1, 0.15) is 5.75 Å². The van der Waals surface area contributed by atoms with Gasteiger partial charge in [-0.1, -0.05) is 6.92 Å². The number of aryl methyl sites for hydroxylation is 1. The normalized spacial score (nSPS) is 20.0. The lowest BCUT2D eigenvalue weighted by Gasteiger charge is -2.33. The van der Waals surface area contributed by atoms with Crippen LogP contribution in [0.1, 0.15) is 44.9 Å². The summed E-state index contributed by atoms with van der Waals surface area (Å²) >= 11 is 0. The SMILES string of the molecule is COc1ccc(-c2cnc(CCC(=O)N(C)C3CCC(C)CC3)o2)cc1. The van der Waals surface area contributed by atoms with Gasteiger partial charge >= 0.3 is 0 Å². The van der Waals surface area contributed by atoms with Crippen molar-refractivity contribution in [2.75, 3.05) is 14.2 Å². The van der Waals surface area contributed by atoms with E-state index in [9.17, 15) is 4.79 Å². The Balaban J connectivity index is 1.53. The van der Waals surface area contributed by atoms with Crippen LogP contribution in [0.4, 0.5) is 0 Å². The Kier molecular flexibility index (Phi) is 5.96. The highest BCUT2D eigenvalue weighted by atomic mass is 16.5. The molecule has 1 aliphatic carbocycles. The highest BCUT2D eigenvalue weighted by Gasteiger charge is 2.24. The van der Waals surface area contributed by atoms with Crippen molar-refractivity contribution in [2.45, 2.75) is 51.5 Å². The van der Waals surface area contributed by atoms with E-state index in [1.54, 1.807) is 13.3 Å². The second-order valence-corrected chi connectivity index (χ2v) is 7.27. The van der Waals surface area contributed by atoms with Crippen molar-refractivity contribution in [1.82, 2.24) is 9.88 Å². The molecule has 1 aromatic heterocycles. The van der Waals surface area contributed by atoms with Gasteiger partial charge in [0.15, 0.2) is 11.7 Å². The minimum Gasteiger partial charge on any atom is -0.497 e. The minimum atomic E-state index is 0.175. The number of methoxy groups -OCH3 is 1. The summed E-state index contributed by atoms with van der Waals surface area (Å²) in [6, 6.07) is 8.04. The zero-order valence-corrected chi connectivity index (χ0v) is 15.9. The van der Waals surface area contributed by atoms with E-state index in [-0.39, 0.29) is 5.91 Å². The summed E-state index contributed by atoms with van der Waals surface area (Å²) in [4.78, 5) is 18.7. The van der Waals surface area contributed by atoms with Crippen molar-refractivity contribution >= 4 is 5.91 Å². The van der Waals surface area contributed by atoms with Gasteiger partial charge in [0.05, 0.1) is 13.3 Å². The van der Waals surface area contributed by atoms with Crippen LogP contribution in [-0.2, 0) is 11.2 Å². The van der Waals surface area contributed by atoms with Crippen molar-refractivity contribution < 1.29 is 13.9 Å². The lowest BCUT2D eigenvalue weighted by Crippen LogP contribution is -2.39. The summed E-state index contributed by atoms with van der Waals surface area (Å²) in [7, 11) is 3.57. The summed E-state index contributed by atoms with van der Waals surface area (Å²) in [5, 5.41) is 0. The summed E-state index contributed by atoms with van der Waals surface area (Å²) in [5.74, 6) is 3.09. The number of aromatic nitrogens is 1. The van der Waals surface area contributed by atoms with Gasteiger partial charge in [-0.2, -0.15) is 0 Å². The molecule has 0 spiro atoms. The van der Waals surface area contributed by atoms with Crippen LogP contribution in [-0.4, -0.2) is 36.0 Å². The summed E-state index contributed by atoms with van der Waals surface area (Å²) < 4.78 is 11.0. The molecular formula is C21H28N2O3. The number of carbonyl (C=O) groups is 1. The van der Waals surface area contributed by atoms with E-state index in [0.717, 1.165) is 30.1 Å². The van der Waals surface area contributed by atoms with E-state index in [4.69, 9.17) is 9.15 Å². The molecule has 0 saturated heterocycles. The fourth-order valence-corrected chi connectivity index (χ4v) is 3.54. The third kappa shape index (κ3) is 4.45. The molecule has 0 bridgehead atoms. The Hall–Kier alpha value is -2.30. The lowest BCUT2D eigenvalue weighted by molar-refractivity contribution is -0.132. The molecule has 0 unspecified atom stereocenters. The molecule has 140 valence electrons. The molecule has 3 rings (SSSR count). The molecule has 0 radical (unpaired) electrons. The van der Waals surface area contributed by atoms with Gasteiger partial charge in [-0.05, 0) is 55.9 Å². The first-order chi connectivity index (χ1) is 12.6. The van der Waals surface area contributed by atoms with Gasteiger partial charge in [0, 0.05) is 31.5 Å². The van der Waals surface area contributed by atoms with Crippen LogP contribution in [0.25, 0.3) is 11.3 Å². The van der Waals surface area contributed by atoms with Crippen LogP contribution >= 0.6 is 0 Å². The Bertz CT molecular complexity index is 715. The molecule has 5 heteroatoms. The lowest BCUT2D eigenvalue weighted by atomic mass is 9.86. The van der Waals surface area contributed by atoms with E-state index < -0.39 is 0 Å². The second-order valence-electron chi connectivity index (χ2n) is 7.27. The average Bonchev–Trinajstić information content (AvgIpc) is 3.15. The number of hydrogen-bond acceptors (Lipinski definition) is 4. The Morgan fingerprint density at radius 2 is 1.92 bits per heavy atom. The van der Waals surface area contributed by atoms with Crippen LogP contribution in [0.5, 0.6) is 5.75 Å². The molecule has 1 amide bonds. The Morgan fingerprint density at radius 3 is 2.58 bits per heavy atom. The highest BCUT2D eigenvalue weighted by molar-refractivity contribution is 5.76. The largest absolute Gasteiger partial charge is 0.497 e. The van der Waals surface area contributed by atoms with Gasteiger partial charge in [-0.15, -0.1) is 0 Å². The minimum absolute atomic E-state index is 0.175. The van der Waals surface area contributed by atoms with Crippen molar-refractivity contribution in [3.8, 4) is 17.1 Å². The fraction of sp³-hybridized carbons (Fsp3) is 0.524. The number of nitrogens with zero attached hydrogens (tertiary/aromatic N) is 2. The zero-order chi connectivity index (χ0) is 18.5. The Morgan fingerprint density at radius 1 is 1.23 bits per heavy atom. The molecule has 26 heavy (non-hydrogen) atoms. The van der Waals surface area contributed by atoms with Crippen molar-refractivity contribution in [2.24, 2.45) is 5.92 Å². The van der Waals surface area contributed by atoms with Gasteiger partial charge in [0.25, 0.3) is 0 Å². The van der Waals surface area contributed by atoms with Crippen LogP contribution < -0.4 is 4.74 Å². The van der Waals surface area contributed by atoms with E-state index in [1.165, 1.54) is 12.8 Å². The molecule has 1 heterocycles. The fourth-order valence-electron chi connectivity index (χ4n) is 3.54. The topological polar surface area (TPSA) is 55.6 Å². The average molecular weight is 356 g/mol. The smallest absolute Gasteiger partial charge is 0.223 e. The number of rotatable bonds is 6. The van der Waals surface area contributed by atoms with E-state index in [2.05, 4.69) is 11.9 Å². The first-order valence-corrected chi connectivity index (χ1v) is 9.41. The highest BCUT2D eigenvalue weighted by Crippen LogP contribution is 2.27. The molecule has 5 nitrogen and oxygen atoms in total. The van der Waals surface area contributed by atoms with Crippen molar-refractivity contribution in [1.29, 1.82) is 0 Å². The first kappa shape index (κ1) is 18.5. The molecule has 0 N–H and O–H groups in total. The van der Waals surface area contributed by atoms with Gasteiger partial charge in [-0.3, -0.25) is 4.79 Å². The number of oxazole rings is 1. The monoisotopic (exact) mass is 356 g/mol. The predicted molar refractivity (Wildman–Crippen MR) is 101 cm³/mol. The summed E-state index contributed by atoms with van der Waals surface area (Å²) in [6.45, 7) is 2.29. The molecule has 1 aromatic carbocycles. The standard InChI is InChI=1S/C21H28N2O3/c1-15-4-8-17(9-5-15)23(2)21(24)13-12-20-22-14-19(26-20)16-6-10-18(25-3)11-7-16/h6-7,10-11,14-15,17H,4-5,8-9,12-13H2,1-3H3.